The Labute approximate surface area is 104 Å². The summed E-state index contributed by atoms with van der Waals surface area (Å²) in [5.41, 5.74) is 3.15. The van der Waals surface area contributed by atoms with Gasteiger partial charge in [-0.2, -0.15) is 0 Å². The van der Waals surface area contributed by atoms with Crippen LogP contribution in [0.1, 0.15) is 20.8 Å². The second-order valence-corrected chi connectivity index (χ2v) is 14.5. The van der Waals surface area contributed by atoms with Crippen molar-refractivity contribution >= 4 is 17.2 Å². The van der Waals surface area contributed by atoms with Gasteiger partial charge in [-0.1, -0.05) is 56.0 Å². The van der Waals surface area contributed by atoms with Gasteiger partial charge in [-0.15, -0.1) is 0 Å². The van der Waals surface area contributed by atoms with Gasteiger partial charge in [0.1, 0.15) is 8.24 Å². The van der Waals surface area contributed by atoms with Crippen LogP contribution in [0, 0.1) is 0 Å². The topological polar surface area (TPSA) is 3.24 Å². The zero-order valence-corrected chi connectivity index (χ0v) is 14.3. The van der Waals surface area contributed by atoms with Crippen LogP contribution in [0.3, 0.4) is 0 Å². The summed E-state index contributed by atoms with van der Waals surface area (Å²) >= 11 is 0. The van der Waals surface area contributed by atoms with Gasteiger partial charge in [0.25, 0.3) is 0 Å². The monoisotopic (exact) mass is 253 g/mol. The molecule has 1 nitrogen and oxygen atoms in total. The standard InChI is InChI=1S/C13H27NSi2/c1-11-9-12(2)13(3,10-11)14(15(4)5)16(6,7)8/h9-10,15H,1-8H3. The second-order valence-electron chi connectivity index (χ2n) is 6.50. The van der Waals surface area contributed by atoms with E-state index in [9.17, 15) is 0 Å². The first-order chi connectivity index (χ1) is 7.09. The molecule has 0 heterocycles. The van der Waals surface area contributed by atoms with Gasteiger partial charge in [0.15, 0.2) is 0 Å². The third-order valence-corrected chi connectivity index (χ3v) is 10.8. The molecule has 0 saturated heterocycles. The normalized spacial score (nSPS) is 26.4. The fourth-order valence-electron chi connectivity index (χ4n) is 3.35. The van der Waals surface area contributed by atoms with Gasteiger partial charge in [-0.05, 0) is 20.8 Å². The van der Waals surface area contributed by atoms with Crippen molar-refractivity contribution in [1.29, 1.82) is 0 Å². The quantitative estimate of drug-likeness (QED) is 0.692. The van der Waals surface area contributed by atoms with Gasteiger partial charge in [-0.3, -0.25) is 0 Å². The van der Waals surface area contributed by atoms with Crippen molar-refractivity contribution < 1.29 is 0 Å². The van der Waals surface area contributed by atoms with Crippen molar-refractivity contribution in [3.05, 3.63) is 23.3 Å². The first-order valence-corrected chi connectivity index (χ1v) is 12.5. The van der Waals surface area contributed by atoms with Crippen LogP contribution in [0.4, 0.5) is 0 Å². The molecule has 1 rings (SSSR count). The summed E-state index contributed by atoms with van der Waals surface area (Å²) in [6.45, 7) is 19.2. The van der Waals surface area contributed by atoms with E-state index in [4.69, 9.17) is 0 Å². The molecule has 0 aromatic carbocycles. The molecule has 16 heavy (non-hydrogen) atoms. The molecule has 1 aliphatic carbocycles. The van der Waals surface area contributed by atoms with Gasteiger partial charge in [0, 0.05) is 5.54 Å². The number of nitrogens with zero attached hydrogens (tertiary/aromatic N) is 1. The molecular formula is C13H27NSi2. The average Bonchev–Trinajstić information content (AvgIpc) is 2.20. The van der Waals surface area contributed by atoms with Crippen molar-refractivity contribution in [3.63, 3.8) is 0 Å². The van der Waals surface area contributed by atoms with Gasteiger partial charge in [0.05, 0.1) is 8.96 Å². The molecule has 0 aromatic rings. The van der Waals surface area contributed by atoms with Crippen molar-refractivity contribution in [2.45, 2.75) is 59.0 Å². The molecular weight excluding hydrogens is 226 g/mol. The Morgan fingerprint density at radius 2 is 1.69 bits per heavy atom. The molecule has 0 amide bonds. The largest absolute Gasteiger partial charge is 0.336 e. The lowest BCUT2D eigenvalue weighted by molar-refractivity contribution is 0.433. The van der Waals surface area contributed by atoms with E-state index in [1.165, 1.54) is 11.1 Å². The van der Waals surface area contributed by atoms with Gasteiger partial charge in [-0.25, -0.2) is 0 Å². The molecule has 0 spiro atoms. The van der Waals surface area contributed by atoms with Crippen LogP contribution in [-0.2, 0) is 0 Å². The maximum absolute atomic E-state index is 2.88. The molecule has 1 aliphatic rings. The van der Waals surface area contributed by atoms with Crippen LogP contribution < -0.4 is 0 Å². The summed E-state index contributed by atoms with van der Waals surface area (Å²) in [4.78, 5) is 0. The molecule has 1 atom stereocenters. The van der Waals surface area contributed by atoms with Crippen LogP contribution >= 0.6 is 0 Å². The lowest BCUT2D eigenvalue weighted by atomic mass is 9.98. The van der Waals surface area contributed by atoms with E-state index in [1.807, 2.05) is 0 Å². The molecule has 0 aromatic heterocycles. The fourth-order valence-corrected chi connectivity index (χ4v) is 12.5. The predicted octanol–water partition coefficient (Wildman–Crippen LogP) is 3.77. The summed E-state index contributed by atoms with van der Waals surface area (Å²) in [7, 11) is -2.04. The molecule has 0 saturated carbocycles. The number of allylic oxidation sites excluding steroid dienone is 2. The SMILES string of the molecule is CC1=CC(C)(N([SiH](C)C)[Si](C)(C)C)C(C)=C1. The first kappa shape index (κ1) is 13.9. The Balaban J connectivity index is 3.20. The highest BCUT2D eigenvalue weighted by Gasteiger charge is 2.42. The van der Waals surface area contributed by atoms with Crippen LogP contribution in [0.2, 0.25) is 32.7 Å². The Kier molecular flexibility index (Phi) is 3.73. The zero-order valence-electron chi connectivity index (χ0n) is 12.2. The molecule has 0 aliphatic heterocycles. The van der Waals surface area contributed by atoms with Crippen LogP contribution in [0.15, 0.2) is 23.3 Å². The maximum atomic E-state index is 2.88. The Bertz CT molecular complexity index is 336. The van der Waals surface area contributed by atoms with E-state index in [1.54, 1.807) is 0 Å². The summed E-state index contributed by atoms with van der Waals surface area (Å²) < 4.78 is 2.88. The molecule has 92 valence electrons. The molecule has 0 fully saturated rings. The summed E-state index contributed by atoms with van der Waals surface area (Å²) in [5.74, 6) is 0. The number of hydrogen-bond donors (Lipinski definition) is 0. The minimum atomic E-state index is -1.25. The molecule has 1 unspecified atom stereocenters. The van der Waals surface area contributed by atoms with Crippen molar-refractivity contribution in [3.8, 4) is 0 Å². The number of rotatable bonds is 3. The van der Waals surface area contributed by atoms with E-state index in [0.717, 1.165) is 0 Å². The Morgan fingerprint density at radius 3 is 1.94 bits per heavy atom. The highest BCUT2D eigenvalue weighted by Crippen LogP contribution is 2.37. The van der Waals surface area contributed by atoms with Gasteiger partial charge < -0.3 is 4.23 Å². The minimum absolute atomic E-state index is 0.203. The first-order valence-electron chi connectivity index (χ1n) is 6.26. The molecule has 0 N–H and O–H groups in total. The van der Waals surface area contributed by atoms with Crippen molar-refractivity contribution in [1.82, 2.24) is 4.23 Å². The predicted molar refractivity (Wildman–Crippen MR) is 80.0 cm³/mol. The lowest BCUT2D eigenvalue weighted by Gasteiger charge is -2.49. The summed E-state index contributed by atoms with van der Waals surface area (Å²) in [6, 6.07) is 0. The van der Waals surface area contributed by atoms with E-state index in [-0.39, 0.29) is 5.54 Å². The molecule has 0 bridgehead atoms. The fraction of sp³-hybridized carbons (Fsp3) is 0.692. The van der Waals surface area contributed by atoms with E-state index < -0.39 is 17.2 Å². The third kappa shape index (κ3) is 2.41. The van der Waals surface area contributed by atoms with Crippen LogP contribution in [0.25, 0.3) is 0 Å². The van der Waals surface area contributed by atoms with Crippen molar-refractivity contribution in [2.24, 2.45) is 0 Å². The zero-order chi connectivity index (χ0) is 12.7. The van der Waals surface area contributed by atoms with E-state index >= 15 is 0 Å². The van der Waals surface area contributed by atoms with Gasteiger partial charge >= 0.3 is 0 Å². The maximum Gasteiger partial charge on any atom is 0.113 e. The van der Waals surface area contributed by atoms with Crippen molar-refractivity contribution in [2.75, 3.05) is 0 Å². The van der Waals surface area contributed by atoms with Gasteiger partial charge in [0.2, 0.25) is 0 Å². The average molecular weight is 254 g/mol. The number of hydrogen-bond acceptors (Lipinski definition) is 1. The highest BCUT2D eigenvalue weighted by molar-refractivity contribution is 6.82. The lowest BCUT2D eigenvalue weighted by Crippen LogP contribution is -2.62. The summed E-state index contributed by atoms with van der Waals surface area (Å²) in [6.07, 6.45) is 4.82. The molecule has 3 heteroatoms. The van der Waals surface area contributed by atoms with Crippen LogP contribution in [-0.4, -0.2) is 27.0 Å². The highest BCUT2D eigenvalue weighted by atomic mass is 28.4. The minimum Gasteiger partial charge on any atom is -0.336 e. The van der Waals surface area contributed by atoms with E-state index in [2.05, 4.69) is 69.9 Å². The third-order valence-electron chi connectivity index (χ3n) is 3.49. The molecule has 0 radical (unpaired) electrons. The van der Waals surface area contributed by atoms with E-state index in [0.29, 0.717) is 0 Å². The Morgan fingerprint density at radius 1 is 1.19 bits per heavy atom. The smallest absolute Gasteiger partial charge is 0.113 e. The second kappa shape index (κ2) is 4.28. The van der Waals surface area contributed by atoms with Crippen LogP contribution in [0.5, 0.6) is 0 Å². The Hall–Kier alpha value is -0.126. The summed E-state index contributed by atoms with van der Waals surface area (Å²) in [5, 5.41) is 0.